The van der Waals surface area contributed by atoms with Crippen LogP contribution in [0.1, 0.15) is 18.9 Å². The van der Waals surface area contributed by atoms with Crippen LogP contribution in [-0.2, 0) is 16.1 Å². The quantitative estimate of drug-likeness (QED) is 0.450. The number of thiocarbonyl (C=S) groups is 1. The van der Waals surface area contributed by atoms with E-state index in [-0.39, 0.29) is 18.2 Å². The maximum absolute atomic E-state index is 12.8. The lowest BCUT2D eigenvalue weighted by Crippen LogP contribution is -2.37. The number of carbonyl (C=O) groups excluding carboxylic acids is 2. The second-order valence-corrected chi connectivity index (χ2v) is 8.44. The van der Waals surface area contributed by atoms with Crippen molar-refractivity contribution in [2.75, 3.05) is 11.9 Å². The van der Waals surface area contributed by atoms with Crippen molar-refractivity contribution in [2.45, 2.75) is 25.9 Å². The molecule has 1 fully saturated rings. The minimum atomic E-state index is -0.619. The fraction of sp³-hybridized carbons (Fsp3) is 0.250. The molecule has 1 aliphatic heterocycles. The summed E-state index contributed by atoms with van der Waals surface area (Å²) >= 11 is 13.7. The van der Waals surface area contributed by atoms with Crippen molar-refractivity contribution in [1.29, 1.82) is 0 Å². The maximum atomic E-state index is 12.8. The summed E-state index contributed by atoms with van der Waals surface area (Å²) in [5.41, 5.74) is 1.68. The first-order valence-electron chi connectivity index (χ1n) is 8.81. The highest BCUT2D eigenvalue weighted by molar-refractivity contribution is 14.1. The minimum Gasteiger partial charge on any atom is -0.332 e. The Balaban J connectivity index is 1.75. The van der Waals surface area contributed by atoms with Crippen molar-refractivity contribution in [3.05, 3.63) is 62.7 Å². The van der Waals surface area contributed by atoms with E-state index in [9.17, 15) is 9.59 Å². The highest BCUT2D eigenvalue weighted by Gasteiger charge is 2.42. The summed E-state index contributed by atoms with van der Waals surface area (Å²) in [4.78, 5) is 28.8. The number of anilines is 1. The number of hydrogen-bond acceptors (Lipinski definition) is 3. The van der Waals surface area contributed by atoms with Crippen LogP contribution in [0.3, 0.4) is 0 Å². The van der Waals surface area contributed by atoms with Gasteiger partial charge < -0.3 is 10.2 Å². The predicted octanol–water partition coefficient (Wildman–Crippen LogP) is 4.29. The van der Waals surface area contributed by atoms with Crippen molar-refractivity contribution in [3.63, 3.8) is 0 Å². The molecule has 0 radical (unpaired) electrons. The molecule has 28 heavy (non-hydrogen) atoms. The van der Waals surface area contributed by atoms with Gasteiger partial charge in [-0.2, -0.15) is 0 Å². The third-order valence-corrected chi connectivity index (χ3v) is 5.92. The molecule has 1 unspecified atom stereocenters. The van der Waals surface area contributed by atoms with Gasteiger partial charge in [0, 0.05) is 27.4 Å². The smallest absolute Gasteiger partial charge is 0.252 e. The normalized spacial score (nSPS) is 16.6. The number of carbonyl (C=O) groups is 2. The lowest BCUT2D eigenvalue weighted by Gasteiger charge is -2.24. The van der Waals surface area contributed by atoms with E-state index in [0.717, 1.165) is 9.13 Å². The molecule has 0 spiro atoms. The average Bonchev–Trinajstić information content (AvgIpc) is 2.89. The number of benzene rings is 2. The van der Waals surface area contributed by atoms with Gasteiger partial charge in [0.15, 0.2) is 5.11 Å². The van der Waals surface area contributed by atoms with Crippen LogP contribution in [-0.4, -0.2) is 39.3 Å². The largest absolute Gasteiger partial charge is 0.332 e. The van der Waals surface area contributed by atoms with Crippen LogP contribution in [0, 0.1) is 3.57 Å². The summed E-state index contributed by atoms with van der Waals surface area (Å²) in [5, 5.41) is 3.95. The molecule has 1 heterocycles. The number of likely N-dealkylation sites (N-methyl/N-ethyl adjacent to an activating group) is 1. The fourth-order valence-electron chi connectivity index (χ4n) is 3.07. The SMILES string of the molecule is CCN1C(=O)C(CC(=O)Nc2ccc(I)cc2)N(Cc2ccc(Cl)cc2)C1=S. The zero-order valence-corrected chi connectivity index (χ0v) is 18.9. The lowest BCUT2D eigenvalue weighted by molar-refractivity contribution is -0.130. The first-order valence-corrected chi connectivity index (χ1v) is 10.7. The van der Waals surface area contributed by atoms with Crippen molar-refractivity contribution >= 4 is 69.0 Å². The van der Waals surface area contributed by atoms with Crippen molar-refractivity contribution in [2.24, 2.45) is 0 Å². The summed E-state index contributed by atoms with van der Waals surface area (Å²) < 4.78 is 1.08. The van der Waals surface area contributed by atoms with Gasteiger partial charge in [-0.25, -0.2) is 0 Å². The van der Waals surface area contributed by atoms with Gasteiger partial charge in [-0.05, 0) is 83.7 Å². The van der Waals surface area contributed by atoms with E-state index in [1.54, 1.807) is 17.0 Å². The van der Waals surface area contributed by atoms with Gasteiger partial charge in [-0.3, -0.25) is 14.5 Å². The Kier molecular flexibility index (Phi) is 6.90. The zero-order valence-electron chi connectivity index (χ0n) is 15.2. The van der Waals surface area contributed by atoms with Gasteiger partial charge in [0.05, 0.1) is 6.42 Å². The Morgan fingerprint density at radius 3 is 2.43 bits per heavy atom. The van der Waals surface area contributed by atoms with Crippen molar-refractivity contribution in [3.8, 4) is 0 Å². The van der Waals surface area contributed by atoms with Crippen molar-refractivity contribution in [1.82, 2.24) is 9.80 Å². The van der Waals surface area contributed by atoms with E-state index in [1.807, 2.05) is 48.2 Å². The van der Waals surface area contributed by atoms with Crippen LogP contribution >= 0.6 is 46.4 Å². The summed E-state index contributed by atoms with van der Waals surface area (Å²) in [6.07, 6.45) is 0.0368. The molecule has 0 bridgehead atoms. The van der Waals surface area contributed by atoms with Crippen LogP contribution in [0.15, 0.2) is 48.5 Å². The summed E-state index contributed by atoms with van der Waals surface area (Å²) in [6.45, 7) is 2.79. The number of nitrogens with zero attached hydrogens (tertiary/aromatic N) is 2. The molecule has 2 amide bonds. The van der Waals surface area contributed by atoms with E-state index in [1.165, 1.54) is 0 Å². The zero-order chi connectivity index (χ0) is 20.3. The van der Waals surface area contributed by atoms with Gasteiger partial charge in [0.25, 0.3) is 5.91 Å². The van der Waals surface area contributed by atoms with Crippen LogP contribution in [0.25, 0.3) is 0 Å². The number of hydrogen-bond donors (Lipinski definition) is 1. The lowest BCUT2D eigenvalue weighted by atomic mass is 10.1. The van der Waals surface area contributed by atoms with Crippen LogP contribution < -0.4 is 5.32 Å². The number of halogens is 2. The molecule has 1 saturated heterocycles. The molecule has 8 heteroatoms. The highest BCUT2D eigenvalue weighted by Crippen LogP contribution is 2.24. The third-order valence-electron chi connectivity index (χ3n) is 4.49. The van der Waals surface area contributed by atoms with Gasteiger partial charge in [-0.15, -0.1) is 0 Å². The molecule has 0 saturated carbocycles. The first kappa shape index (κ1) is 21.0. The molecule has 1 N–H and O–H groups in total. The molecule has 2 aromatic rings. The van der Waals surface area contributed by atoms with Crippen molar-refractivity contribution < 1.29 is 9.59 Å². The predicted molar refractivity (Wildman–Crippen MR) is 123 cm³/mol. The number of rotatable bonds is 6. The molecular weight excluding hydrogens is 509 g/mol. The van der Waals surface area contributed by atoms with Crippen LogP contribution in [0.4, 0.5) is 5.69 Å². The molecular formula is C20H19ClIN3O2S. The van der Waals surface area contributed by atoms with E-state index in [2.05, 4.69) is 27.9 Å². The van der Waals surface area contributed by atoms with E-state index < -0.39 is 6.04 Å². The second-order valence-electron chi connectivity index (χ2n) is 6.39. The average molecular weight is 528 g/mol. The van der Waals surface area contributed by atoms with Gasteiger partial charge in [-0.1, -0.05) is 23.7 Å². The van der Waals surface area contributed by atoms with Gasteiger partial charge in [0.1, 0.15) is 6.04 Å². The second kappa shape index (κ2) is 9.19. The Bertz CT molecular complexity index is 889. The van der Waals surface area contributed by atoms with E-state index >= 15 is 0 Å². The number of amides is 2. The van der Waals surface area contributed by atoms with Crippen LogP contribution in [0.2, 0.25) is 5.02 Å². The standard InChI is InChI=1S/C20H19ClIN3O2S/c1-2-24-19(27)17(11-18(26)23-16-9-7-15(22)8-10-16)25(20(24)28)12-13-3-5-14(21)6-4-13/h3-10,17H,2,11-12H2,1H3,(H,23,26). The molecule has 1 aliphatic rings. The van der Waals surface area contributed by atoms with Crippen LogP contribution in [0.5, 0.6) is 0 Å². The molecule has 2 aromatic carbocycles. The summed E-state index contributed by atoms with van der Waals surface area (Å²) in [6, 6.07) is 14.3. The monoisotopic (exact) mass is 527 g/mol. The molecule has 5 nitrogen and oxygen atoms in total. The van der Waals surface area contributed by atoms with Gasteiger partial charge >= 0.3 is 0 Å². The third kappa shape index (κ3) is 4.82. The van der Waals surface area contributed by atoms with E-state index in [0.29, 0.717) is 28.9 Å². The summed E-state index contributed by atoms with van der Waals surface area (Å²) in [5.74, 6) is -0.361. The Labute approximate surface area is 188 Å². The topological polar surface area (TPSA) is 52.7 Å². The number of nitrogens with one attached hydrogen (secondary N) is 1. The highest BCUT2D eigenvalue weighted by atomic mass is 127. The van der Waals surface area contributed by atoms with E-state index in [4.69, 9.17) is 23.8 Å². The molecule has 0 aromatic heterocycles. The molecule has 0 aliphatic carbocycles. The van der Waals surface area contributed by atoms with Gasteiger partial charge in [0.2, 0.25) is 5.91 Å². The fourth-order valence-corrected chi connectivity index (χ4v) is 3.97. The summed E-state index contributed by atoms with van der Waals surface area (Å²) in [7, 11) is 0. The molecule has 1 atom stereocenters. The Morgan fingerprint density at radius 1 is 1.18 bits per heavy atom. The minimum absolute atomic E-state index is 0.0368. The Hall–Kier alpha value is -1.71. The molecule has 3 rings (SSSR count). The maximum Gasteiger partial charge on any atom is 0.252 e. The molecule has 146 valence electrons. The first-order chi connectivity index (χ1) is 13.4. The Morgan fingerprint density at radius 2 is 1.82 bits per heavy atom.